The predicted octanol–water partition coefficient (Wildman–Crippen LogP) is 2.65. The third-order valence-electron chi connectivity index (χ3n) is 6.39. The van der Waals surface area contributed by atoms with Gasteiger partial charge in [0, 0.05) is 17.8 Å². The summed E-state index contributed by atoms with van der Waals surface area (Å²) in [5, 5.41) is 6.00. The van der Waals surface area contributed by atoms with Gasteiger partial charge in [-0.05, 0) is 45.2 Å². The number of carbonyl (C=O) groups is 3. The summed E-state index contributed by atoms with van der Waals surface area (Å²) in [7, 11) is 0. The normalized spacial score (nSPS) is 30.7. The van der Waals surface area contributed by atoms with Gasteiger partial charge in [-0.3, -0.25) is 14.4 Å². The van der Waals surface area contributed by atoms with E-state index in [1.165, 1.54) is 0 Å². The average molecular weight is 440 g/mol. The van der Waals surface area contributed by atoms with Crippen LogP contribution in [0.15, 0.2) is 36.4 Å². The summed E-state index contributed by atoms with van der Waals surface area (Å²) in [6, 6.07) is 6.73. The van der Waals surface area contributed by atoms with Crippen LogP contribution in [-0.2, 0) is 19.1 Å². The van der Waals surface area contributed by atoms with Crippen LogP contribution in [0.4, 0.5) is 5.69 Å². The molecule has 1 aromatic carbocycles. The summed E-state index contributed by atoms with van der Waals surface area (Å²) >= 11 is 0. The van der Waals surface area contributed by atoms with Crippen molar-refractivity contribution in [3.63, 3.8) is 0 Å². The highest BCUT2D eigenvalue weighted by atomic mass is 16.5. The van der Waals surface area contributed by atoms with Crippen molar-refractivity contribution in [2.45, 2.75) is 64.8 Å². The minimum absolute atomic E-state index is 0.166. The van der Waals surface area contributed by atoms with Gasteiger partial charge in [-0.1, -0.05) is 44.2 Å². The van der Waals surface area contributed by atoms with E-state index >= 15 is 0 Å². The van der Waals surface area contributed by atoms with E-state index in [9.17, 15) is 14.4 Å². The van der Waals surface area contributed by atoms with Gasteiger partial charge in [-0.25, -0.2) is 0 Å². The monoisotopic (exact) mass is 439 g/mol. The molecule has 32 heavy (non-hydrogen) atoms. The summed E-state index contributed by atoms with van der Waals surface area (Å²) in [6.07, 6.45) is 3.15. The van der Waals surface area contributed by atoms with E-state index in [4.69, 9.17) is 4.74 Å². The number of anilines is 1. The molecule has 2 N–H and O–H groups in total. The first-order valence-electron chi connectivity index (χ1n) is 11.3. The van der Waals surface area contributed by atoms with Crippen LogP contribution in [0.1, 0.15) is 40.2 Å². The Labute approximate surface area is 189 Å². The van der Waals surface area contributed by atoms with Crippen molar-refractivity contribution >= 4 is 23.4 Å². The van der Waals surface area contributed by atoms with Crippen LogP contribution < -0.4 is 10.6 Å². The van der Waals surface area contributed by atoms with E-state index in [0.29, 0.717) is 12.2 Å². The molecule has 172 valence electrons. The summed E-state index contributed by atoms with van der Waals surface area (Å²) < 4.78 is 6.32. The summed E-state index contributed by atoms with van der Waals surface area (Å²) in [5.74, 6) is -1.94. The lowest BCUT2D eigenvalue weighted by Gasteiger charge is -2.35. The molecule has 1 spiro atoms. The number of hydrogen-bond donors (Lipinski definition) is 2. The zero-order chi connectivity index (χ0) is 23.4. The van der Waals surface area contributed by atoms with E-state index in [-0.39, 0.29) is 23.6 Å². The molecule has 2 bridgehead atoms. The molecular weight excluding hydrogens is 406 g/mol. The number of carbonyl (C=O) groups excluding carboxylic acids is 3. The van der Waals surface area contributed by atoms with Crippen molar-refractivity contribution in [3.05, 3.63) is 42.0 Å². The Bertz CT molecular complexity index is 980. The lowest BCUT2D eigenvalue weighted by molar-refractivity contribution is -0.142. The van der Waals surface area contributed by atoms with Crippen molar-refractivity contribution in [1.29, 1.82) is 0 Å². The smallest absolute Gasteiger partial charge is 0.246 e. The number of likely N-dealkylation sites (tertiary alicyclic amines) is 1. The van der Waals surface area contributed by atoms with Crippen molar-refractivity contribution in [2.24, 2.45) is 17.8 Å². The van der Waals surface area contributed by atoms with Crippen LogP contribution in [0.3, 0.4) is 0 Å². The lowest BCUT2D eigenvalue weighted by atomic mass is 9.74. The van der Waals surface area contributed by atoms with Gasteiger partial charge in [0.2, 0.25) is 17.7 Å². The largest absolute Gasteiger partial charge is 0.359 e. The van der Waals surface area contributed by atoms with Gasteiger partial charge >= 0.3 is 0 Å². The van der Waals surface area contributed by atoms with Crippen LogP contribution >= 0.6 is 0 Å². The maximum Gasteiger partial charge on any atom is 0.246 e. The molecule has 2 fully saturated rings. The van der Waals surface area contributed by atoms with Crippen molar-refractivity contribution in [2.75, 3.05) is 11.9 Å². The Morgan fingerprint density at radius 2 is 1.88 bits per heavy atom. The fraction of sp³-hybridized carbons (Fsp3) is 0.560. The van der Waals surface area contributed by atoms with Gasteiger partial charge in [0.1, 0.15) is 11.6 Å². The Balaban J connectivity index is 1.69. The third-order valence-corrected chi connectivity index (χ3v) is 6.39. The quantitative estimate of drug-likeness (QED) is 0.691. The number of ether oxygens (including phenoxy) is 1. The number of para-hydroxylation sites is 1. The molecule has 1 aromatic rings. The molecule has 3 amide bonds. The molecule has 0 saturated carbocycles. The van der Waals surface area contributed by atoms with Gasteiger partial charge in [0.15, 0.2) is 0 Å². The lowest BCUT2D eigenvalue weighted by Crippen LogP contribution is -2.58. The fourth-order valence-electron chi connectivity index (χ4n) is 5.22. The molecule has 3 aliphatic heterocycles. The molecular formula is C25H33N3O4. The van der Waals surface area contributed by atoms with Gasteiger partial charge in [-0.2, -0.15) is 0 Å². The number of aryl methyl sites for hydroxylation is 1. The third kappa shape index (κ3) is 3.62. The molecule has 5 atom stereocenters. The van der Waals surface area contributed by atoms with E-state index in [1.807, 2.05) is 78.0 Å². The minimum atomic E-state index is -1.13. The zero-order valence-corrected chi connectivity index (χ0v) is 19.6. The van der Waals surface area contributed by atoms with Gasteiger partial charge in [0.05, 0.1) is 17.9 Å². The van der Waals surface area contributed by atoms with Crippen LogP contribution in [0, 0.1) is 24.7 Å². The maximum atomic E-state index is 13.7. The molecule has 0 aliphatic carbocycles. The van der Waals surface area contributed by atoms with E-state index < -0.39 is 35.1 Å². The number of amides is 3. The molecule has 7 heteroatoms. The summed E-state index contributed by atoms with van der Waals surface area (Å²) in [4.78, 5) is 42.1. The zero-order valence-electron chi connectivity index (χ0n) is 19.6. The molecule has 3 aliphatic rings. The van der Waals surface area contributed by atoms with Crippen LogP contribution in [0.25, 0.3) is 0 Å². The first-order chi connectivity index (χ1) is 14.9. The van der Waals surface area contributed by atoms with Crippen molar-refractivity contribution in [3.8, 4) is 0 Å². The number of fused-ring (bicyclic) bond motifs is 1. The molecule has 0 aromatic heterocycles. The topological polar surface area (TPSA) is 87.7 Å². The van der Waals surface area contributed by atoms with E-state index in [2.05, 4.69) is 10.6 Å². The number of nitrogens with zero attached hydrogens (tertiary/aromatic N) is 1. The predicted molar refractivity (Wildman–Crippen MR) is 122 cm³/mol. The highest BCUT2D eigenvalue weighted by Crippen LogP contribution is 2.55. The second-order valence-corrected chi connectivity index (χ2v) is 10.6. The second kappa shape index (κ2) is 7.73. The first-order valence-corrected chi connectivity index (χ1v) is 11.3. The van der Waals surface area contributed by atoms with E-state index in [0.717, 1.165) is 5.56 Å². The van der Waals surface area contributed by atoms with Gasteiger partial charge < -0.3 is 20.3 Å². The number of rotatable bonds is 5. The Morgan fingerprint density at radius 1 is 1.19 bits per heavy atom. The summed E-state index contributed by atoms with van der Waals surface area (Å²) in [5.41, 5.74) is 0.0709. The Morgan fingerprint density at radius 3 is 2.50 bits per heavy atom. The van der Waals surface area contributed by atoms with Crippen LogP contribution in [0.5, 0.6) is 0 Å². The highest BCUT2D eigenvalue weighted by Gasteiger charge is 2.72. The summed E-state index contributed by atoms with van der Waals surface area (Å²) in [6.45, 7) is 12.1. The molecule has 2 saturated heterocycles. The van der Waals surface area contributed by atoms with Crippen molar-refractivity contribution < 1.29 is 19.1 Å². The number of hydrogen-bond acceptors (Lipinski definition) is 4. The Hall–Kier alpha value is -2.67. The standard InChI is InChI=1S/C25H33N3O4/c1-14(2)13-28-20(22(30)27-24(4,5)6)25-12-11-17(32-25)18(19(25)23(28)31)21(29)26-16-10-8-7-9-15(16)3/h7-12,14,17-20H,13H2,1-6H3,(H,26,29)(H,27,30). The average Bonchev–Trinajstić information content (AvgIpc) is 3.30. The minimum Gasteiger partial charge on any atom is -0.359 e. The molecule has 5 unspecified atom stereocenters. The van der Waals surface area contributed by atoms with E-state index in [1.54, 1.807) is 4.90 Å². The molecule has 0 radical (unpaired) electrons. The molecule has 7 nitrogen and oxygen atoms in total. The Kier molecular flexibility index (Phi) is 5.44. The van der Waals surface area contributed by atoms with Gasteiger partial charge in [-0.15, -0.1) is 0 Å². The maximum absolute atomic E-state index is 13.7. The SMILES string of the molecule is Cc1ccccc1NC(=O)C1C2C=CC3(O2)C1C(=O)N(CC(C)C)C3C(=O)NC(C)(C)C. The first kappa shape index (κ1) is 22.5. The number of benzene rings is 1. The van der Waals surface area contributed by atoms with Crippen molar-refractivity contribution in [1.82, 2.24) is 10.2 Å². The second-order valence-electron chi connectivity index (χ2n) is 10.6. The van der Waals surface area contributed by atoms with Gasteiger partial charge in [0.25, 0.3) is 0 Å². The fourth-order valence-corrected chi connectivity index (χ4v) is 5.22. The number of nitrogens with one attached hydrogen (secondary N) is 2. The van der Waals surface area contributed by atoms with Crippen LogP contribution in [-0.4, -0.2) is 52.5 Å². The molecule has 4 rings (SSSR count). The highest BCUT2D eigenvalue weighted by molar-refractivity contribution is 6.03. The van der Waals surface area contributed by atoms with Crippen LogP contribution in [0.2, 0.25) is 0 Å². The molecule has 3 heterocycles.